The summed E-state index contributed by atoms with van der Waals surface area (Å²) in [6.07, 6.45) is 0. The fraction of sp³-hybridized carbons (Fsp3) is 0.312. The maximum Gasteiger partial charge on any atom is 0.0706 e. The third-order valence-electron chi connectivity index (χ3n) is 7.68. The van der Waals surface area contributed by atoms with Crippen molar-refractivity contribution in [1.29, 1.82) is 0 Å². The highest BCUT2D eigenvalue weighted by molar-refractivity contribution is 5.72. The van der Waals surface area contributed by atoms with Gasteiger partial charge in [-0.3, -0.25) is 9.97 Å². The minimum absolute atomic E-state index is 0.236. The van der Waals surface area contributed by atoms with Gasteiger partial charge in [0.25, 0.3) is 0 Å². The molecule has 0 N–H and O–H groups in total. The Labute approximate surface area is 215 Å². The highest BCUT2D eigenvalue weighted by Gasteiger charge is 2.30. The molecule has 4 nitrogen and oxygen atoms in total. The third-order valence-corrected chi connectivity index (χ3v) is 7.68. The van der Waals surface area contributed by atoms with Crippen LogP contribution in [0.2, 0.25) is 0 Å². The summed E-state index contributed by atoms with van der Waals surface area (Å²) in [6, 6.07) is 26.4. The Bertz CT molecular complexity index is 1340. The minimum Gasteiger partial charge on any atom is -0.378 e. The Morgan fingerprint density at radius 3 is 1.33 bits per heavy atom. The van der Waals surface area contributed by atoms with Gasteiger partial charge in [0.15, 0.2) is 0 Å². The smallest absolute Gasteiger partial charge is 0.0706 e. The van der Waals surface area contributed by atoms with E-state index in [2.05, 4.69) is 138 Å². The van der Waals surface area contributed by atoms with Gasteiger partial charge in [-0.1, -0.05) is 26.0 Å². The monoisotopic (exact) mass is 476 g/mol. The molecule has 36 heavy (non-hydrogen) atoms. The van der Waals surface area contributed by atoms with Crippen molar-refractivity contribution in [2.75, 3.05) is 38.0 Å². The summed E-state index contributed by atoms with van der Waals surface area (Å²) in [6.45, 7) is 9.05. The van der Waals surface area contributed by atoms with Gasteiger partial charge in [0.1, 0.15) is 0 Å². The number of rotatable bonds is 2. The number of fused-ring (bicyclic) bond motifs is 10. The first kappa shape index (κ1) is 24.1. The van der Waals surface area contributed by atoms with Gasteiger partial charge in [-0.15, -0.1) is 0 Å². The van der Waals surface area contributed by atoms with Crippen molar-refractivity contribution >= 4 is 11.4 Å². The van der Waals surface area contributed by atoms with E-state index in [9.17, 15) is 0 Å². The van der Waals surface area contributed by atoms with Crippen molar-refractivity contribution in [2.45, 2.75) is 38.5 Å². The Morgan fingerprint density at radius 2 is 0.944 bits per heavy atom. The Hall–Kier alpha value is -3.66. The summed E-state index contributed by atoms with van der Waals surface area (Å²) in [7, 11) is 8.41. The van der Waals surface area contributed by atoms with Crippen LogP contribution in [0.25, 0.3) is 22.5 Å². The van der Waals surface area contributed by atoms with E-state index < -0.39 is 0 Å². The van der Waals surface area contributed by atoms with Crippen LogP contribution in [-0.4, -0.2) is 38.2 Å². The molecular formula is C32H36N4. The van der Waals surface area contributed by atoms with Gasteiger partial charge in [0, 0.05) is 61.5 Å². The van der Waals surface area contributed by atoms with Crippen LogP contribution in [-0.2, 0) is 10.8 Å². The molecule has 0 radical (unpaired) electrons. The first-order chi connectivity index (χ1) is 17.0. The molecule has 2 aromatic carbocycles. The molecule has 0 unspecified atom stereocenters. The molecular weight excluding hydrogens is 440 g/mol. The molecule has 0 fully saturated rings. The summed E-state index contributed by atoms with van der Waals surface area (Å²) in [5.41, 5.74) is 10.5. The summed E-state index contributed by atoms with van der Waals surface area (Å²) >= 11 is 0. The molecule has 1 aliphatic rings. The largest absolute Gasteiger partial charge is 0.378 e. The van der Waals surface area contributed by atoms with E-state index in [1.54, 1.807) is 0 Å². The van der Waals surface area contributed by atoms with Gasteiger partial charge >= 0.3 is 0 Å². The van der Waals surface area contributed by atoms with Crippen LogP contribution in [0.15, 0.2) is 72.8 Å². The number of hydrogen-bond acceptors (Lipinski definition) is 4. The highest BCUT2D eigenvalue weighted by atomic mass is 15.1. The number of hydrogen-bond donors (Lipinski definition) is 0. The zero-order valence-corrected chi connectivity index (χ0v) is 22.7. The molecule has 3 heterocycles. The lowest BCUT2D eigenvalue weighted by atomic mass is 9.76. The van der Waals surface area contributed by atoms with E-state index in [4.69, 9.17) is 9.97 Å². The van der Waals surface area contributed by atoms with E-state index in [0.717, 1.165) is 33.9 Å². The second kappa shape index (κ2) is 8.48. The Kier molecular flexibility index (Phi) is 5.66. The average molecular weight is 477 g/mol. The van der Waals surface area contributed by atoms with E-state index in [-0.39, 0.29) is 10.8 Å². The summed E-state index contributed by atoms with van der Waals surface area (Å²) in [4.78, 5) is 14.7. The van der Waals surface area contributed by atoms with Crippen LogP contribution >= 0.6 is 0 Å². The van der Waals surface area contributed by atoms with Gasteiger partial charge in [-0.2, -0.15) is 0 Å². The minimum atomic E-state index is -0.348. The van der Waals surface area contributed by atoms with E-state index in [0.29, 0.717) is 0 Å². The lowest BCUT2D eigenvalue weighted by Gasteiger charge is -2.31. The number of aromatic nitrogens is 2. The Morgan fingerprint density at radius 1 is 0.528 bits per heavy atom. The number of anilines is 2. The van der Waals surface area contributed by atoms with Crippen LogP contribution in [0.5, 0.6) is 0 Å². The lowest BCUT2D eigenvalue weighted by molar-refractivity contribution is 0.596. The molecule has 184 valence electrons. The molecule has 0 saturated carbocycles. The maximum atomic E-state index is 5.19. The molecule has 4 aromatic rings. The Balaban J connectivity index is 1.90. The first-order valence-electron chi connectivity index (χ1n) is 12.6. The second-order valence-electron chi connectivity index (χ2n) is 11.4. The lowest BCUT2D eigenvalue weighted by Crippen LogP contribution is -2.23. The fourth-order valence-electron chi connectivity index (χ4n) is 4.94. The van der Waals surface area contributed by atoms with E-state index >= 15 is 0 Å². The molecule has 2 aromatic heterocycles. The van der Waals surface area contributed by atoms with Crippen molar-refractivity contribution in [3.05, 3.63) is 95.3 Å². The number of pyridine rings is 2. The molecule has 0 amide bonds. The first-order valence-corrected chi connectivity index (χ1v) is 12.6. The predicted octanol–water partition coefficient (Wildman–Crippen LogP) is 6.91. The van der Waals surface area contributed by atoms with Gasteiger partial charge in [-0.25, -0.2) is 0 Å². The summed E-state index contributed by atoms with van der Waals surface area (Å²) < 4.78 is 0. The van der Waals surface area contributed by atoms with Gasteiger partial charge < -0.3 is 9.80 Å². The molecule has 1 aliphatic heterocycles. The van der Waals surface area contributed by atoms with Crippen molar-refractivity contribution in [2.24, 2.45) is 0 Å². The highest BCUT2D eigenvalue weighted by Crippen LogP contribution is 2.40. The van der Waals surface area contributed by atoms with Crippen molar-refractivity contribution in [3.8, 4) is 22.5 Å². The van der Waals surface area contributed by atoms with Gasteiger partial charge in [0.05, 0.1) is 22.8 Å². The zero-order chi connectivity index (χ0) is 25.8. The van der Waals surface area contributed by atoms with E-state index in [1.807, 2.05) is 0 Å². The van der Waals surface area contributed by atoms with Crippen LogP contribution in [0.4, 0.5) is 11.4 Å². The second-order valence-corrected chi connectivity index (χ2v) is 11.4. The number of benzene rings is 2. The normalized spacial score (nSPS) is 15.1. The van der Waals surface area contributed by atoms with Crippen molar-refractivity contribution in [3.63, 3.8) is 0 Å². The van der Waals surface area contributed by atoms with E-state index in [1.165, 1.54) is 22.5 Å². The maximum absolute atomic E-state index is 5.19. The van der Waals surface area contributed by atoms with Gasteiger partial charge in [0.2, 0.25) is 0 Å². The molecule has 8 bridgehead atoms. The third kappa shape index (κ3) is 4.05. The molecule has 5 rings (SSSR count). The van der Waals surface area contributed by atoms with Crippen LogP contribution in [0, 0.1) is 0 Å². The van der Waals surface area contributed by atoms with Crippen LogP contribution in [0.1, 0.15) is 50.2 Å². The summed E-state index contributed by atoms with van der Waals surface area (Å²) in [5.74, 6) is 0. The SMILES string of the molecule is CN(C)c1cc2cc(c1)C(C)(C)c1cc(cc(N(C)C)c1)-c1cccc(n1)C(C)(C)c1cccc-2n1. The molecule has 0 spiro atoms. The predicted molar refractivity (Wildman–Crippen MR) is 152 cm³/mol. The number of nitrogens with zero attached hydrogens (tertiary/aromatic N) is 4. The molecule has 0 aliphatic carbocycles. The molecule has 4 heteroatoms. The van der Waals surface area contributed by atoms with Gasteiger partial charge in [-0.05, 0) is 85.6 Å². The molecule has 0 atom stereocenters. The average Bonchev–Trinajstić information content (AvgIpc) is 2.87. The van der Waals surface area contributed by atoms with Crippen LogP contribution in [0.3, 0.4) is 0 Å². The zero-order valence-electron chi connectivity index (χ0n) is 22.7. The quantitative estimate of drug-likeness (QED) is 0.315. The fourth-order valence-corrected chi connectivity index (χ4v) is 4.94. The van der Waals surface area contributed by atoms with Crippen LogP contribution < -0.4 is 9.80 Å². The standard InChI is InChI=1S/C32H36N4/c1-31(2)23-15-21(17-25(19-23)35(5)6)27-11-9-13-29(33-27)32(3,4)30-14-10-12-28(34-30)22-16-24(31)20-26(18-22)36(7)8/h9-20H,1-8H3. The topological polar surface area (TPSA) is 32.3 Å². The van der Waals surface area contributed by atoms with Crippen molar-refractivity contribution < 1.29 is 0 Å². The summed E-state index contributed by atoms with van der Waals surface area (Å²) in [5, 5.41) is 0. The van der Waals surface area contributed by atoms with Crippen molar-refractivity contribution in [1.82, 2.24) is 9.97 Å². The molecule has 0 saturated heterocycles.